The molecule has 0 fully saturated rings. The largest absolute Gasteiger partial charge is 0.390 e. The molecular weight excluding hydrogens is 216 g/mol. The Bertz CT molecular complexity index is 329. The van der Waals surface area contributed by atoms with Crippen LogP contribution in [0.4, 0.5) is 5.69 Å². The van der Waals surface area contributed by atoms with E-state index in [0.29, 0.717) is 19.7 Å². The van der Waals surface area contributed by atoms with Gasteiger partial charge in [0, 0.05) is 31.5 Å². The zero-order chi connectivity index (χ0) is 12.7. The van der Waals surface area contributed by atoms with Gasteiger partial charge in [0.15, 0.2) is 0 Å². The molecular formula is C13H22N2O2. The van der Waals surface area contributed by atoms with Crippen molar-refractivity contribution in [2.75, 3.05) is 39.6 Å². The summed E-state index contributed by atoms with van der Waals surface area (Å²) >= 11 is 0. The van der Waals surface area contributed by atoms with Crippen LogP contribution in [0, 0.1) is 0 Å². The van der Waals surface area contributed by atoms with E-state index in [1.54, 1.807) is 7.11 Å². The number of ether oxygens (including phenoxy) is 1. The molecule has 0 amide bonds. The first-order chi connectivity index (χ1) is 8.13. The second-order valence-electron chi connectivity index (χ2n) is 4.39. The van der Waals surface area contributed by atoms with Gasteiger partial charge in [-0.3, -0.25) is 0 Å². The summed E-state index contributed by atoms with van der Waals surface area (Å²) in [6, 6.07) is 7.97. The molecule has 4 nitrogen and oxygen atoms in total. The van der Waals surface area contributed by atoms with Crippen molar-refractivity contribution in [3.63, 3.8) is 0 Å². The molecule has 0 heterocycles. The van der Waals surface area contributed by atoms with Crippen molar-refractivity contribution >= 4 is 5.69 Å². The van der Waals surface area contributed by atoms with Crippen molar-refractivity contribution < 1.29 is 9.84 Å². The van der Waals surface area contributed by atoms with Crippen molar-refractivity contribution in [2.45, 2.75) is 12.7 Å². The number of likely N-dealkylation sites (N-methyl/N-ethyl adjacent to an activating group) is 1. The molecule has 1 aromatic carbocycles. The summed E-state index contributed by atoms with van der Waals surface area (Å²) < 4.78 is 5.13. The highest BCUT2D eigenvalue weighted by Gasteiger charge is 2.06. The van der Waals surface area contributed by atoms with Crippen LogP contribution in [0.2, 0.25) is 0 Å². The van der Waals surface area contributed by atoms with E-state index in [1.807, 2.05) is 43.3 Å². The maximum absolute atomic E-state index is 9.77. The van der Waals surface area contributed by atoms with Gasteiger partial charge in [-0.1, -0.05) is 18.2 Å². The summed E-state index contributed by atoms with van der Waals surface area (Å²) in [5.74, 6) is 0. The Labute approximate surface area is 103 Å². The van der Waals surface area contributed by atoms with Gasteiger partial charge >= 0.3 is 0 Å². The molecule has 0 radical (unpaired) electrons. The third kappa shape index (κ3) is 5.17. The molecule has 1 unspecified atom stereocenters. The number of nitrogens with zero attached hydrogens (tertiary/aromatic N) is 1. The SMILES string of the molecule is COCc1ccccc1NCC(O)CN(C)C. The normalized spacial score (nSPS) is 12.8. The number of methoxy groups -OCH3 is 1. The first kappa shape index (κ1) is 14.0. The molecule has 0 saturated heterocycles. The first-order valence-corrected chi connectivity index (χ1v) is 5.77. The number of rotatable bonds is 7. The fourth-order valence-electron chi connectivity index (χ4n) is 1.69. The highest BCUT2D eigenvalue weighted by molar-refractivity contribution is 5.50. The molecule has 0 saturated carbocycles. The lowest BCUT2D eigenvalue weighted by Crippen LogP contribution is -2.31. The Balaban J connectivity index is 2.50. The van der Waals surface area contributed by atoms with E-state index in [1.165, 1.54) is 0 Å². The molecule has 0 spiro atoms. The molecule has 1 aromatic rings. The van der Waals surface area contributed by atoms with E-state index < -0.39 is 0 Å². The van der Waals surface area contributed by atoms with Crippen LogP contribution in [0.15, 0.2) is 24.3 Å². The maximum Gasteiger partial charge on any atom is 0.0838 e. The van der Waals surface area contributed by atoms with Crippen LogP contribution in [0.1, 0.15) is 5.56 Å². The van der Waals surface area contributed by atoms with Crippen LogP contribution in [0.5, 0.6) is 0 Å². The second-order valence-corrected chi connectivity index (χ2v) is 4.39. The zero-order valence-corrected chi connectivity index (χ0v) is 10.8. The lowest BCUT2D eigenvalue weighted by molar-refractivity contribution is 0.148. The van der Waals surface area contributed by atoms with Gasteiger partial charge in [-0.15, -0.1) is 0 Å². The van der Waals surface area contributed by atoms with Crippen molar-refractivity contribution in [2.24, 2.45) is 0 Å². The van der Waals surface area contributed by atoms with Gasteiger partial charge < -0.3 is 20.1 Å². The lowest BCUT2D eigenvalue weighted by atomic mass is 10.2. The van der Waals surface area contributed by atoms with E-state index in [0.717, 1.165) is 11.3 Å². The minimum atomic E-state index is -0.374. The highest BCUT2D eigenvalue weighted by atomic mass is 16.5. The van der Waals surface area contributed by atoms with E-state index in [9.17, 15) is 5.11 Å². The van der Waals surface area contributed by atoms with Crippen LogP contribution >= 0.6 is 0 Å². The maximum atomic E-state index is 9.77. The highest BCUT2D eigenvalue weighted by Crippen LogP contribution is 2.15. The number of anilines is 1. The fourth-order valence-corrected chi connectivity index (χ4v) is 1.69. The molecule has 1 atom stereocenters. The van der Waals surface area contributed by atoms with Crippen molar-refractivity contribution in [1.29, 1.82) is 0 Å². The molecule has 2 N–H and O–H groups in total. The minimum Gasteiger partial charge on any atom is -0.390 e. The van der Waals surface area contributed by atoms with E-state index >= 15 is 0 Å². The minimum absolute atomic E-state index is 0.374. The second kappa shape index (κ2) is 7.27. The summed E-state index contributed by atoms with van der Waals surface area (Å²) in [4.78, 5) is 1.97. The number of nitrogens with one attached hydrogen (secondary N) is 1. The Kier molecular flexibility index (Phi) is 5.97. The first-order valence-electron chi connectivity index (χ1n) is 5.77. The number of aliphatic hydroxyl groups excluding tert-OH is 1. The van der Waals surface area contributed by atoms with Crippen molar-refractivity contribution in [1.82, 2.24) is 4.90 Å². The van der Waals surface area contributed by atoms with Gasteiger partial charge in [-0.2, -0.15) is 0 Å². The molecule has 0 aliphatic carbocycles. The zero-order valence-electron chi connectivity index (χ0n) is 10.8. The fraction of sp³-hybridized carbons (Fsp3) is 0.538. The Morgan fingerprint density at radius 3 is 2.71 bits per heavy atom. The standard InChI is InChI=1S/C13H22N2O2/c1-15(2)9-12(16)8-14-13-7-5-4-6-11(13)10-17-3/h4-7,12,14,16H,8-10H2,1-3H3. The van der Waals surface area contributed by atoms with Gasteiger partial charge in [0.25, 0.3) is 0 Å². The predicted octanol–water partition coefficient (Wildman–Crippen LogP) is 1.17. The third-order valence-corrected chi connectivity index (χ3v) is 2.42. The van der Waals surface area contributed by atoms with Gasteiger partial charge in [0.05, 0.1) is 12.7 Å². The lowest BCUT2D eigenvalue weighted by Gasteiger charge is -2.18. The quantitative estimate of drug-likeness (QED) is 0.748. The molecule has 4 heteroatoms. The number of hydrogen-bond donors (Lipinski definition) is 2. The van der Waals surface area contributed by atoms with Crippen LogP contribution < -0.4 is 5.32 Å². The van der Waals surface area contributed by atoms with Crippen molar-refractivity contribution in [3.8, 4) is 0 Å². The topological polar surface area (TPSA) is 44.7 Å². The summed E-state index contributed by atoms with van der Waals surface area (Å²) in [5, 5.41) is 13.0. The van der Waals surface area contributed by atoms with E-state index in [2.05, 4.69) is 5.32 Å². The summed E-state index contributed by atoms with van der Waals surface area (Å²) in [6.45, 7) is 1.77. The van der Waals surface area contributed by atoms with E-state index in [4.69, 9.17) is 4.74 Å². The molecule has 0 bridgehead atoms. The molecule has 1 rings (SSSR count). The summed E-state index contributed by atoms with van der Waals surface area (Å²) in [7, 11) is 5.57. The molecule has 96 valence electrons. The number of benzene rings is 1. The van der Waals surface area contributed by atoms with Crippen LogP contribution in [-0.4, -0.2) is 50.4 Å². The Hall–Kier alpha value is -1.10. The third-order valence-electron chi connectivity index (χ3n) is 2.42. The smallest absolute Gasteiger partial charge is 0.0838 e. The molecule has 17 heavy (non-hydrogen) atoms. The number of hydrogen-bond acceptors (Lipinski definition) is 4. The van der Waals surface area contributed by atoms with Crippen LogP contribution in [0.25, 0.3) is 0 Å². The van der Waals surface area contributed by atoms with Gasteiger partial charge in [0.1, 0.15) is 0 Å². The Morgan fingerprint density at radius 2 is 2.06 bits per heavy atom. The number of aliphatic hydroxyl groups is 1. The van der Waals surface area contributed by atoms with E-state index in [-0.39, 0.29) is 6.10 Å². The Morgan fingerprint density at radius 1 is 1.35 bits per heavy atom. The van der Waals surface area contributed by atoms with Crippen molar-refractivity contribution in [3.05, 3.63) is 29.8 Å². The molecule has 0 aliphatic rings. The average Bonchev–Trinajstić information content (AvgIpc) is 2.27. The molecule has 0 aliphatic heterocycles. The number of para-hydroxylation sites is 1. The van der Waals surface area contributed by atoms with Crippen LogP contribution in [-0.2, 0) is 11.3 Å². The molecule has 0 aromatic heterocycles. The van der Waals surface area contributed by atoms with Gasteiger partial charge in [-0.25, -0.2) is 0 Å². The average molecular weight is 238 g/mol. The van der Waals surface area contributed by atoms with Gasteiger partial charge in [-0.05, 0) is 20.2 Å². The van der Waals surface area contributed by atoms with Gasteiger partial charge in [0.2, 0.25) is 0 Å². The summed E-state index contributed by atoms with van der Waals surface area (Å²) in [6.07, 6.45) is -0.374. The monoisotopic (exact) mass is 238 g/mol. The summed E-state index contributed by atoms with van der Waals surface area (Å²) in [5.41, 5.74) is 2.12. The van der Waals surface area contributed by atoms with Crippen LogP contribution in [0.3, 0.4) is 0 Å². The predicted molar refractivity (Wildman–Crippen MR) is 70.2 cm³/mol.